The molecule has 0 amide bonds. The molecular formula is C18H20BrN. The van der Waals surface area contributed by atoms with Crippen molar-refractivity contribution in [2.24, 2.45) is 0 Å². The summed E-state index contributed by atoms with van der Waals surface area (Å²) in [5.41, 5.74) is 5.55. The molecule has 0 saturated carbocycles. The van der Waals surface area contributed by atoms with Gasteiger partial charge in [-0.1, -0.05) is 30.3 Å². The number of anilines is 1. The van der Waals surface area contributed by atoms with Crippen LogP contribution in [0.2, 0.25) is 0 Å². The third-order valence-corrected chi connectivity index (χ3v) is 4.81. The molecule has 0 spiro atoms. The van der Waals surface area contributed by atoms with Crippen molar-refractivity contribution in [2.75, 3.05) is 11.9 Å². The standard InChI is InChI=1S/C18H20BrN/c1-13-9-10-18(17(19)11-13)20-12-15-7-4-6-14-5-2-3-8-16(14)15/h2-3,5,8-11,15,20H,4,6-7,12H2,1H3. The molecule has 0 aromatic heterocycles. The molecular weight excluding hydrogens is 310 g/mol. The van der Waals surface area contributed by atoms with Gasteiger partial charge in [0.05, 0.1) is 0 Å². The van der Waals surface area contributed by atoms with E-state index in [-0.39, 0.29) is 0 Å². The van der Waals surface area contributed by atoms with Crippen LogP contribution in [0.25, 0.3) is 0 Å². The summed E-state index contributed by atoms with van der Waals surface area (Å²) in [5, 5.41) is 3.60. The summed E-state index contributed by atoms with van der Waals surface area (Å²) in [7, 11) is 0. The number of fused-ring (bicyclic) bond motifs is 1. The van der Waals surface area contributed by atoms with Gasteiger partial charge in [0.25, 0.3) is 0 Å². The van der Waals surface area contributed by atoms with E-state index in [1.54, 1.807) is 0 Å². The highest BCUT2D eigenvalue weighted by molar-refractivity contribution is 9.10. The molecule has 0 aliphatic heterocycles. The summed E-state index contributed by atoms with van der Waals surface area (Å²) in [6.45, 7) is 3.13. The number of aryl methyl sites for hydroxylation is 2. The van der Waals surface area contributed by atoms with E-state index < -0.39 is 0 Å². The Bertz CT molecular complexity index is 606. The second-order valence-corrected chi connectivity index (χ2v) is 6.51. The van der Waals surface area contributed by atoms with Crippen molar-refractivity contribution in [1.29, 1.82) is 0 Å². The number of hydrogen-bond acceptors (Lipinski definition) is 1. The minimum Gasteiger partial charge on any atom is -0.384 e. The summed E-state index contributed by atoms with van der Waals surface area (Å²) in [4.78, 5) is 0. The Kier molecular flexibility index (Phi) is 4.11. The summed E-state index contributed by atoms with van der Waals surface area (Å²) in [6.07, 6.45) is 3.83. The summed E-state index contributed by atoms with van der Waals surface area (Å²) in [6, 6.07) is 15.4. The van der Waals surface area contributed by atoms with E-state index in [4.69, 9.17) is 0 Å². The van der Waals surface area contributed by atoms with Crippen molar-refractivity contribution in [2.45, 2.75) is 32.1 Å². The minimum absolute atomic E-state index is 0.633. The van der Waals surface area contributed by atoms with Gasteiger partial charge in [0, 0.05) is 22.6 Å². The molecule has 2 heteroatoms. The average Bonchev–Trinajstić information content (AvgIpc) is 2.46. The molecule has 20 heavy (non-hydrogen) atoms. The van der Waals surface area contributed by atoms with Gasteiger partial charge in [-0.3, -0.25) is 0 Å². The molecule has 104 valence electrons. The molecule has 0 saturated heterocycles. The predicted molar refractivity (Wildman–Crippen MR) is 89.5 cm³/mol. The van der Waals surface area contributed by atoms with Crippen molar-refractivity contribution in [3.8, 4) is 0 Å². The Morgan fingerprint density at radius 1 is 1.20 bits per heavy atom. The average molecular weight is 330 g/mol. The van der Waals surface area contributed by atoms with E-state index in [2.05, 4.69) is 70.6 Å². The minimum atomic E-state index is 0.633. The largest absolute Gasteiger partial charge is 0.384 e. The molecule has 0 bridgehead atoms. The molecule has 1 unspecified atom stereocenters. The molecule has 0 fully saturated rings. The Morgan fingerprint density at radius 3 is 2.90 bits per heavy atom. The lowest BCUT2D eigenvalue weighted by molar-refractivity contribution is 0.571. The van der Waals surface area contributed by atoms with Gasteiger partial charge in [0.2, 0.25) is 0 Å². The van der Waals surface area contributed by atoms with E-state index in [1.807, 2.05) is 0 Å². The van der Waals surface area contributed by atoms with Gasteiger partial charge < -0.3 is 5.32 Å². The van der Waals surface area contributed by atoms with Crippen LogP contribution in [0.5, 0.6) is 0 Å². The van der Waals surface area contributed by atoms with E-state index >= 15 is 0 Å². The summed E-state index contributed by atoms with van der Waals surface area (Å²) < 4.78 is 1.15. The zero-order valence-electron chi connectivity index (χ0n) is 11.8. The van der Waals surface area contributed by atoms with Crippen LogP contribution in [0.3, 0.4) is 0 Å². The van der Waals surface area contributed by atoms with Crippen LogP contribution in [0, 0.1) is 6.92 Å². The SMILES string of the molecule is Cc1ccc(NCC2CCCc3ccccc32)c(Br)c1. The molecule has 1 atom stereocenters. The number of benzene rings is 2. The quantitative estimate of drug-likeness (QED) is 0.806. The number of hydrogen-bond donors (Lipinski definition) is 1. The van der Waals surface area contributed by atoms with Crippen molar-refractivity contribution in [1.82, 2.24) is 0 Å². The Balaban J connectivity index is 1.73. The normalized spacial score (nSPS) is 17.6. The van der Waals surface area contributed by atoms with Crippen LogP contribution < -0.4 is 5.32 Å². The highest BCUT2D eigenvalue weighted by Gasteiger charge is 2.19. The maximum Gasteiger partial charge on any atom is 0.0485 e. The fourth-order valence-corrected chi connectivity index (χ4v) is 3.70. The smallest absolute Gasteiger partial charge is 0.0485 e. The molecule has 1 aliphatic carbocycles. The zero-order valence-corrected chi connectivity index (χ0v) is 13.4. The van der Waals surface area contributed by atoms with Gasteiger partial charge >= 0.3 is 0 Å². The first kappa shape index (κ1) is 13.7. The molecule has 1 aliphatic rings. The van der Waals surface area contributed by atoms with Crippen molar-refractivity contribution < 1.29 is 0 Å². The Labute approximate surface area is 129 Å². The van der Waals surface area contributed by atoms with Crippen LogP contribution in [0.15, 0.2) is 46.9 Å². The fraction of sp³-hybridized carbons (Fsp3) is 0.333. The van der Waals surface area contributed by atoms with Crippen LogP contribution in [-0.2, 0) is 6.42 Å². The monoisotopic (exact) mass is 329 g/mol. The Morgan fingerprint density at radius 2 is 2.05 bits per heavy atom. The first-order valence-corrected chi connectivity index (χ1v) is 8.11. The first-order valence-electron chi connectivity index (χ1n) is 7.32. The van der Waals surface area contributed by atoms with Crippen LogP contribution in [0.4, 0.5) is 5.69 Å². The first-order chi connectivity index (χ1) is 9.74. The Hall–Kier alpha value is -1.28. The molecule has 1 nitrogen and oxygen atoms in total. The van der Waals surface area contributed by atoms with Gasteiger partial charge in [0.1, 0.15) is 0 Å². The van der Waals surface area contributed by atoms with E-state index in [1.165, 1.54) is 41.6 Å². The molecule has 0 radical (unpaired) electrons. The summed E-state index contributed by atoms with van der Waals surface area (Å²) in [5.74, 6) is 0.633. The zero-order chi connectivity index (χ0) is 13.9. The van der Waals surface area contributed by atoms with Crippen LogP contribution >= 0.6 is 15.9 Å². The van der Waals surface area contributed by atoms with Crippen molar-refractivity contribution in [3.63, 3.8) is 0 Å². The van der Waals surface area contributed by atoms with Gasteiger partial charge in [-0.25, -0.2) is 0 Å². The summed E-state index contributed by atoms with van der Waals surface area (Å²) >= 11 is 3.64. The number of rotatable bonds is 3. The van der Waals surface area contributed by atoms with Crippen LogP contribution in [-0.4, -0.2) is 6.54 Å². The van der Waals surface area contributed by atoms with Crippen LogP contribution in [0.1, 0.15) is 35.4 Å². The highest BCUT2D eigenvalue weighted by Crippen LogP contribution is 2.32. The second kappa shape index (κ2) is 6.01. The van der Waals surface area contributed by atoms with Gasteiger partial charge in [-0.05, 0) is 70.9 Å². The topological polar surface area (TPSA) is 12.0 Å². The molecule has 2 aromatic carbocycles. The van der Waals surface area contributed by atoms with Crippen molar-refractivity contribution >= 4 is 21.6 Å². The van der Waals surface area contributed by atoms with Gasteiger partial charge in [-0.2, -0.15) is 0 Å². The van der Waals surface area contributed by atoms with E-state index in [0.29, 0.717) is 5.92 Å². The number of halogens is 1. The third kappa shape index (κ3) is 2.90. The fourth-order valence-electron chi connectivity index (χ4n) is 3.06. The molecule has 3 rings (SSSR count). The lowest BCUT2D eigenvalue weighted by Crippen LogP contribution is -2.18. The van der Waals surface area contributed by atoms with E-state index in [9.17, 15) is 0 Å². The lowest BCUT2D eigenvalue weighted by Gasteiger charge is -2.26. The molecule has 0 heterocycles. The van der Waals surface area contributed by atoms with E-state index in [0.717, 1.165) is 11.0 Å². The predicted octanol–water partition coefficient (Wildman–Crippen LogP) is 5.29. The van der Waals surface area contributed by atoms with Gasteiger partial charge in [-0.15, -0.1) is 0 Å². The second-order valence-electron chi connectivity index (χ2n) is 5.65. The molecule has 1 N–H and O–H groups in total. The lowest BCUT2D eigenvalue weighted by atomic mass is 9.83. The number of nitrogens with one attached hydrogen (secondary N) is 1. The van der Waals surface area contributed by atoms with Crippen molar-refractivity contribution in [3.05, 3.63) is 63.6 Å². The maximum atomic E-state index is 3.64. The molecule has 2 aromatic rings. The highest BCUT2D eigenvalue weighted by atomic mass is 79.9. The van der Waals surface area contributed by atoms with Gasteiger partial charge in [0.15, 0.2) is 0 Å². The third-order valence-electron chi connectivity index (χ3n) is 4.16. The maximum absolute atomic E-state index is 3.64.